The molecule has 2 aromatic heterocycles. The van der Waals surface area contributed by atoms with Gasteiger partial charge >= 0.3 is 6.18 Å². The van der Waals surface area contributed by atoms with E-state index in [9.17, 15) is 13.2 Å². The van der Waals surface area contributed by atoms with Crippen molar-refractivity contribution in [2.75, 3.05) is 5.32 Å². The van der Waals surface area contributed by atoms with Crippen LogP contribution in [0.15, 0.2) is 47.2 Å². The Hall–Kier alpha value is -2.42. The van der Waals surface area contributed by atoms with Crippen molar-refractivity contribution in [3.63, 3.8) is 0 Å². The number of halogens is 4. The molecule has 5 nitrogen and oxygen atoms in total. The van der Waals surface area contributed by atoms with E-state index in [1.165, 1.54) is 12.4 Å². The topological polar surface area (TPSA) is 55.6 Å². The molecule has 3 aromatic rings. The summed E-state index contributed by atoms with van der Waals surface area (Å²) in [5, 5.41) is 6.53. The van der Waals surface area contributed by atoms with E-state index in [0.717, 1.165) is 22.0 Å². The monoisotopic (exact) mass is 397 g/mol. The van der Waals surface area contributed by atoms with Crippen molar-refractivity contribution >= 4 is 27.6 Å². The maximum absolute atomic E-state index is 12.7. The summed E-state index contributed by atoms with van der Waals surface area (Å²) in [6.45, 7) is 1.95. The average molecular weight is 398 g/mol. The molecule has 0 saturated heterocycles. The molecular weight excluding hydrogens is 387 g/mol. The number of alkyl halides is 3. The van der Waals surface area contributed by atoms with E-state index in [1.54, 1.807) is 0 Å². The summed E-state index contributed by atoms with van der Waals surface area (Å²) in [5.41, 5.74) is 0.847. The Bertz CT molecular complexity index is 876. The quantitative estimate of drug-likeness (QED) is 0.706. The fraction of sp³-hybridized carbons (Fsp3) is 0.133. The summed E-state index contributed by atoms with van der Waals surface area (Å²) in [6, 6.07) is 8.46. The van der Waals surface area contributed by atoms with Gasteiger partial charge in [-0.1, -0.05) is 12.1 Å². The summed E-state index contributed by atoms with van der Waals surface area (Å²) in [4.78, 5) is 8.34. The van der Waals surface area contributed by atoms with Gasteiger partial charge in [0.2, 0.25) is 5.95 Å². The Morgan fingerprint density at radius 1 is 1.21 bits per heavy atom. The molecule has 0 aliphatic carbocycles. The van der Waals surface area contributed by atoms with E-state index >= 15 is 0 Å². The fourth-order valence-electron chi connectivity index (χ4n) is 2.02. The Balaban J connectivity index is 1.93. The summed E-state index contributed by atoms with van der Waals surface area (Å²) >= 11 is 3.23. The molecule has 0 unspecified atom stereocenters. The molecular formula is C15H11BrF3N5. The van der Waals surface area contributed by atoms with Crippen LogP contribution in [0.2, 0.25) is 0 Å². The number of hydrogen-bond acceptors (Lipinski definition) is 4. The van der Waals surface area contributed by atoms with E-state index in [-0.39, 0.29) is 11.8 Å². The zero-order valence-corrected chi connectivity index (χ0v) is 13.9. The lowest BCUT2D eigenvalue weighted by Gasteiger charge is -2.09. The SMILES string of the molecule is Cc1cccc(Nc2ncc(Br)c(-n3ccc(C(F)(F)F)n3)n2)c1. The average Bonchev–Trinajstić information content (AvgIpc) is 2.99. The maximum atomic E-state index is 12.7. The third-order valence-corrected chi connectivity index (χ3v) is 3.66. The standard InChI is InChI=1S/C15H11BrF3N5/c1-9-3-2-4-10(7-9)21-14-20-8-11(16)13(22-14)24-6-5-12(23-24)15(17,18)19/h2-8H,1H3,(H,20,21,22). The smallest absolute Gasteiger partial charge is 0.324 e. The first-order valence-electron chi connectivity index (χ1n) is 6.82. The van der Waals surface area contributed by atoms with Crippen LogP contribution in [0.1, 0.15) is 11.3 Å². The first-order valence-corrected chi connectivity index (χ1v) is 7.62. The van der Waals surface area contributed by atoms with Gasteiger partial charge in [-0.25, -0.2) is 9.67 Å². The number of aromatic nitrogens is 4. The summed E-state index contributed by atoms with van der Waals surface area (Å²) < 4.78 is 39.5. The van der Waals surface area contributed by atoms with Gasteiger partial charge in [0.1, 0.15) is 0 Å². The van der Waals surface area contributed by atoms with Crippen LogP contribution < -0.4 is 5.32 Å². The molecule has 2 heterocycles. The first-order chi connectivity index (χ1) is 11.3. The number of nitrogens with one attached hydrogen (secondary N) is 1. The van der Waals surface area contributed by atoms with Crippen LogP contribution in [0.3, 0.4) is 0 Å². The minimum absolute atomic E-state index is 0.204. The second-order valence-electron chi connectivity index (χ2n) is 5.00. The van der Waals surface area contributed by atoms with Crippen molar-refractivity contribution in [2.45, 2.75) is 13.1 Å². The van der Waals surface area contributed by atoms with Crippen LogP contribution in [0.25, 0.3) is 5.82 Å². The first kappa shape index (κ1) is 16.4. The van der Waals surface area contributed by atoms with E-state index in [0.29, 0.717) is 4.47 Å². The minimum Gasteiger partial charge on any atom is -0.324 e. The van der Waals surface area contributed by atoms with Crippen molar-refractivity contribution in [1.29, 1.82) is 0 Å². The summed E-state index contributed by atoms with van der Waals surface area (Å²) in [7, 11) is 0. The normalized spacial score (nSPS) is 11.5. The molecule has 0 saturated carbocycles. The number of aryl methyl sites for hydroxylation is 1. The molecule has 0 fully saturated rings. The highest BCUT2D eigenvalue weighted by atomic mass is 79.9. The predicted octanol–water partition coefficient (Wildman–Crippen LogP) is 4.50. The van der Waals surface area contributed by atoms with Gasteiger partial charge in [0.05, 0.1) is 4.47 Å². The van der Waals surface area contributed by atoms with E-state index in [4.69, 9.17) is 0 Å². The number of nitrogens with zero attached hydrogens (tertiary/aromatic N) is 4. The summed E-state index contributed by atoms with van der Waals surface area (Å²) in [6.07, 6.45) is -1.85. The lowest BCUT2D eigenvalue weighted by molar-refractivity contribution is -0.141. The second-order valence-corrected chi connectivity index (χ2v) is 5.86. The molecule has 0 aliphatic rings. The second kappa shape index (κ2) is 6.23. The molecule has 0 radical (unpaired) electrons. The molecule has 1 aromatic carbocycles. The highest BCUT2D eigenvalue weighted by Gasteiger charge is 2.33. The summed E-state index contributed by atoms with van der Waals surface area (Å²) in [5.74, 6) is 0.457. The van der Waals surface area contributed by atoms with Gasteiger partial charge in [0.25, 0.3) is 0 Å². The highest BCUT2D eigenvalue weighted by molar-refractivity contribution is 9.10. The van der Waals surface area contributed by atoms with Crippen molar-refractivity contribution < 1.29 is 13.2 Å². The lowest BCUT2D eigenvalue weighted by atomic mass is 10.2. The van der Waals surface area contributed by atoms with Crippen LogP contribution in [0, 0.1) is 6.92 Å². The molecule has 1 N–H and O–H groups in total. The fourth-order valence-corrected chi connectivity index (χ4v) is 2.40. The van der Waals surface area contributed by atoms with Crippen molar-refractivity contribution in [2.24, 2.45) is 0 Å². The highest BCUT2D eigenvalue weighted by Crippen LogP contribution is 2.29. The molecule has 0 atom stereocenters. The molecule has 24 heavy (non-hydrogen) atoms. The van der Waals surface area contributed by atoms with Crippen molar-refractivity contribution in [1.82, 2.24) is 19.7 Å². The Morgan fingerprint density at radius 2 is 2.00 bits per heavy atom. The molecule has 0 aliphatic heterocycles. The molecule has 0 spiro atoms. The van der Waals surface area contributed by atoms with Gasteiger partial charge in [-0.15, -0.1) is 0 Å². The molecule has 9 heteroatoms. The van der Waals surface area contributed by atoms with Crippen molar-refractivity contribution in [3.05, 3.63) is 58.5 Å². The van der Waals surface area contributed by atoms with Crippen LogP contribution in [-0.2, 0) is 6.18 Å². The maximum Gasteiger partial charge on any atom is 0.435 e. The van der Waals surface area contributed by atoms with E-state index in [2.05, 4.69) is 36.3 Å². The molecule has 3 rings (SSSR count). The molecule has 124 valence electrons. The lowest BCUT2D eigenvalue weighted by Crippen LogP contribution is -2.09. The number of benzene rings is 1. The predicted molar refractivity (Wildman–Crippen MR) is 86.3 cm³/mol. The van der Waals surface area contributed by atoms with E-state index in [1.807, 2.05) is 31.2 Å². The zero-order chi connectivity index (χ0) is 17.3. The van der Waals surface area contributed by atoms with Crippen molar-refractivity contribution in [3.8, 4) is 5.82 Å². The Kier molecular flexibility index (Phi) is 4.27. The van der Waals surface area contributed by atoms with Gasteiger partial charge in [-0.05, 0) is 46.6 Å². The Labute approximate surface area is 143 Å². The van der Waals surface area contributed by atoms with Gasteiger partial charge in [0, 0.05) is 18.1 Å². The van der Waals surface area contributed by atoms with Crippen LogP contribution in [-0.4, -0.2) is 19.7 Å². The number of rotatable bonds is 3. The van der Waals surface area contributed by atoms with Gasteiger partial charge in [-0.3, -0.25) is 0 Å². The minimum atomic E-state index is -4.51. The van der Waals surface area contributed by atoms with Gasteiger partial charge in [-0.2, -0.15) is 23.3 Å². The van der Waals surface area contributed by atoms with Crippen LogP contribution in [0.5, 0.6) is 0 Å². The largest absolute Gasteiger partial charge is 0.435 e. The van der Waals surface area contributed by atoms with Crippen LogP contribution >= 0.6 is 15.9 Å². The van der Waals surface area contributed by atoms with Crippen LogP contribution in [0.4, 0.5) is 24.8 Å². The van der Waals surface area contributed by atoms with Gasteiger partial charge in [0.15, 0.2) is 11.5 Å². The molecule has 0 amide bonds. The number of anilines is 2. The molecule has 0 bridgehead atoms. The zero-order valence-electron chi connectivity index (χ0n) is 12.3. The number of hydrogen-bond donors (Lipinski definition) is 1. The third-order valence-electron chi connectivity index (χ3n) is 3.10. The Morgan fingerprint density at radius 3 is 2.67 bits per heavy atom. The third kappa shape index (κ3) is 3.56. The van der Waals surface area contributed by atoms with Gasteiger partial charge < -0.3 is 5.32 Å². The van der Waals surface area contributed by atoms with E-state index < -0.39 is 11.9 Å².